The number of nitrogens with zero attached hydrogens (tertiary/aromatic N) is 1. The number of carbonyl (C=O) groups is 1. The van der Waals surface area contributed by atoms with Gasteiger partial charge in [0.2, 0.25) is 0 Å². The SMILES string of the molecule is CCC(CC)(C(=O)c1ccc(OC)cc1)N(C)C. The molecule has 0 aliphatic carbocycles. The van der Waals surface area contributed by atoms with Crippen LogP contribution < -0.4 is 4.74 Å². The van der Waals surface area contributed by atoms with Crippen LogP contribution in [0, 0.1) is 0 Å². The van der Waals surface area contributed by atoms with E-state index in [-0.39, 0.29) is 5.78 Å². The van der Waals surface area contributed by atoms with Crippen molar-refractivity contribution in [3.05, 3.63) is 29.8 Å². The van der Waals surface area contributed by atoms with Crippen LogP contribution in [-0.4, -0.2) is 37.4 Å². The Hall–Kier alpha value is -1.35. The quantitative estimate of drug-likeness (QED) is 0.726. The van der Waals surface area contributed by atoms with Crippen molar-refractivity contribution in [2.45, 2.75) is 32.2 Å². The highest BCUT2D eigenvalue weighted by Crippen LogP contribution is 2.27. The molecule has 0 aliphatic rings. The maximum Gasteiger partial charge on any atom is 0.183 e. The van der Waals surface area contributed by atoms with Gasteiger partial charge in [-0.2, -0.15) is 0 Å². The van der Waals surface area contributed by atoms with Crippen LogP contribution in [0.3, 0.4) is 0 Å². The monoisotopic (exact) mass is 249 g/mol. The molecule has 3 nitrogen and oxygen atoms in total. The molecule has 0 spiro atoms. The van der Waals surface area contributed by atoms with Gasteiger partial charge in [-0.1, -0.05) is 13.8 Å². The van der Waals surface area contributed by atoms with Crippen LogP contribution in [0.25, 0.3) is 0 Å². The van der Waals surface area contributed by atoms with Gasteiger partial charge in [-0.25, -0.2) is 0 Å². The van der Waals surface area contributed by atoms with Crippen molar-refractivity contribution in [3.63, 3.8) is 0 Å². The Bertz CT molecular complexity index is 391. The summed E-state index contributed by atoms with van der Waals surface area (Å²) in [5.74, 6) is 0.954. The molecule has 100 valence electrons. The van der Waals surface area contributed by atoms with Crippen LogP contribution >= 0.6 is 0 Å². The van der Waals surface area contributed by atoms with Crippen molar-refractivity contribution in [3.8, 4) is 5.75 Å². The van der Waals surface area contributed by atoms with Crippen LogP contribution in [0.4, 0.5) is 0 Å². The fourth-order valence-corrected chi connectivity index (χ4v) is 2.42. The van der Waals surface area contributed by atoms with Crippen LogP contribution in [-0.2, 0) is 0 Å². The number of carbonyl (C=O) groups excluding carboxylic acids is 1. The Morgan fingerprint density at radius 2 is 1.67 bits per heavy atom. The number of hydrogen-bond acceptors (Lipinski definition) is 3. The van der Waals surface area contributed by atoms with Crippen LogP contribution in [0.5, 0.6) is 5.75 Å². The van der Waals surface area contributed by atoms with Gasteiger partial charge in [0.1, 0.15) is 5.75 Å². The molecule has 0 aliphatic heterocycles. The standard InChI is InChI=1S/C15H23NO2/c1-6-15(7-2,16(3)4)14(17)12-8-10-13(18-5)11-9-12/h8-11H,6-7H2,1-5H3. The topological polar surface area (TPSA) is 29.5 Å². The average molecular weight is 249 g/mol. The lowest BCUT2D eigenvalue weighted by Crippen LogP contribution is -2.50. The lowest BCUT2D eigenvalue weighted by atomic mass is 9.83. The predicted molar refractivity (Wildman–Crippen MR) is 74.3 cm³/mol. The minimum Gasteiger partial charge on any atom is -0.497 e. The first-order chi connectivity index (χ1) is 8.51. The molecule has 3 heteroatoms. The number of hydrogen-bond donors (Lipinski definition) is 0. The molecule has 0 saturated heterocycles. The summed E-state index contributed by atoms with van der Waals surface area (Å²) in [7, 11) is 5.56. The second-order valence-corrected chi connectivity index (χ2v) is 4.69. The van der Waals surface area contributed by atoms with Gasteiger partial charge < -0.3 is 4.74 Å². The highest BCUT2D eigenvalue weighted by Gasteiger charge is 2.37. The largest absolute Gasteiger partial charge is 0.497 e. The summed E-state index contributed by atoms with van der Waals surface area (Å²) >= 11 is 0. The molecule has 0 heterocycles. The number of methoxy groups -OCH3 is 1. The van der Waals surface area contributed by atoms with E-state index in [0.717, 1.165) is 24.2 Å². The third-order valence-corrected chi connectivity index (χ3v) is 3.80. The second-order valence-electron chi connectivity index (χ2n) is 4.69. The van der Waals surface area contributed by atoms with Crippen molar-refractivity contribution in [2.75, 3.05) is 21.2 Å². The molecular formula is C15H23NO2. The fraction of sp³-hybridized carbons (Fsp3) is 0.533. The van der Waals surface area contributed by atoms with Gasteiger partial charge in [-0.05, 0) is 51.2 Å². The summed E-state index contributed by atoms with van der Waals surface area (Å²) in [5.41, 5.74) is 0.336. The number of ketones is 1. The molecule has 1 aromatic carbocycles. The summed E-state index contributed by atoms with van der Waals surface area (Å²) < 4.78 is 5.11. The molecule has 0 radical (unpaired) electrons. The number of ether oxygens (including phenoxy) is 1. The molecule has 0 fully saturated rings. The van der Waals surface area contributed by atoms with E-state index in [1.807, 2.05) is 43.3 Å². The van der Waals surface area contributed by atoms with Gasteiger partial charge in [0.15, 0.2) is 5.78 Å². The number of likely N-dealkylation sites (N-methyl/N-ethyl adjacent to an activating group) is 1. The Balaban J connectivity index is 3.09. The lowest BCUT2D eigenvalue weighted by Gasteiger charge is -2.37. The molecular weight excluding hydrogens is 226 g/mol. The minimum absolute atomic E-state index is 0.181. The van der Waals surface area contributed by atoms with E-state index in [2.05, 4.69) is 13.8 Å². The highest BCUT2D eigenvalue weighted by atomic mass is 16.5. The van der Waals surface area contributed by atoms with Gasteiger partial charge in [-0.15, -0.1) is 0 Å². The Morgan fingerprint density at radius 3 is 2.00 bits per heavy atom. The molecule has 0 amide bonds. The van der Waals surface area contributed by atoms with E-state index in [1.165, 1.54) is 0 Å². The van der Waals surface area contributed by atoms with Crippen molar-refractivity contribution >= 4 is 5.78 Å². The maximum absolute atomic E-state index is 12.7. The zero-order chi connectivity index (χ0) is 13.8. The van der Waals surface area contributed by atoms with Gasteiger partial charge in [0.25, 0.3) is 0 Å². The summed E-state index contributed by atoms with van der Waals surface area (Å²) in [4.78, 5) is 14.7. The number of benzene rings is 1. The normalized spacial score (nSPS) is 11.7. The average Bonchev–Trinajstić information content (AvgIpc) is 2.40. The molecule has 0 atom stereocenters. The Kier molecular flexibility index (Phi) is 4.91. The summed E-state index contributed by atoms with van der Waals surface area (Å²) in [6.07, 6.45) is 1.61. The lowest BCUT2D eigenvalue weighted by molar-refractivity contribution is 0.0656. The van der Waals surface area contributed by atoms with Crippen LogP contribution in [0.2, 0.25) is 0 Å². The molecule has 18 heavy (non-hydrogen) atoms. The zero-order valence-electron chi connectivity index (χ0n) is 12.0. The molecule has 1 aromatic rings. The van der Waals surface area contributed by atoms with Crippen molar-refractivity contribution < 1.29 is 9.53 Å². The first-order valence-electron chi connectivity index (χ1n) is 6.38. The van der Waals surface area contributed by atoms with Gasteiger partial charge in [0.05, 0.1) is 12.6 Å². The van der Waals surface area contributed by atoms with E-state index < -0.39 is 5.54 Å². The summed E-state index contributed by atoms with van der Waals surface area (Å²) in [5, 5.41) is 0. The smallest absolute Gasteiger partial charge is 0.183 e. The molecule has 0 unspecified atom stereocenters. The van der Waals surface area contributed by atoms with Crippen LogP contribution in [0.15, 0.2) is 24.3 Å². The van der Waals surface area contributed by atoms with Gasteiger partial charge in [-0.3, -0.25) is 9.69 Å². The van der Waals surface area contributed by atoms with Gasteiger partial charge in [0, 0.05) is 5.56 Å². The third kappa shape index (κ3) is 2.56. The first-order valence-corrected chi connectivity index (χ1v) is 6.38. The van der Waals surface area contributed by atoms with Crippen molar-refractivity contribution in [1.29, 1.82) is 0 Å². The van der Waals surface area contributed by atoms with Crippen molar-refractivity contribution in [2.24, 2.45) is 0 Å². The van der Waals surface area contributed by atoms with E-state index in [0.29, 0.717) is 0 Å². The van der Waals surface area contributed by atoms with E-state index in [1.54, 1.807) is 7.11 Å². The molecule has 0 bridgehead atoms. The Labute approximate surface area is 110 Å². The van der Waals surface area contributed by atoms with E-state index in [9.17, 15) is 4.79 Å². The summed E-state index contributed by atoms with van der Waals surface area (Å²) in [6.45, 7) is 4.12. The van der Waals surface area contributed by atoms with Crippen molar-refractivity contribution in [1.82, 2.24) is 4.90 Å². The number of Topliss-reactive ketones (excluding diaryl/α,β-unsaturated/α-hetero) is 1. The number of rotatable bonds is 6. The predicted octanol–water partition coefficient (Wildman–Crippen LogP) is 3.00. The van der Waals surface area contributed by atoms with Crippen LogP contribution in [0.1, 0.15) is 37.0 Å². The van der Waals surface area contributed by atoms with E-state index >= 15 is 0 Å². The Morgan fingerprint density at radius 1 is 1.17 bits per heavy atom. The fourth-order valence-electron chi connectivity index (χ4n) is 2.42. The van der Waals surface area contributed by atoms with Gasteiger partial charge >= 0.3 is 0 Å². The summed E-state index contributed by atoms with van der Waals surface area (Å²) in [6, 6.07) is 7.34. The first kappa shape index (κ1) is 14.7. The zero-order valence-corrected chi connectivity index (χ0v) is 12.0. The van der Waals surface area contributed by atoms with E-state index in [4.69, 9.17) is 4.74 Å². The molecule has 1 rings (SSSR count). The molecule has 0 saturated carbocycles. The maximum atomic E-state index is 12.7. The molecule has 0 aromatic heterocycles. The molecule has 0 N–H and O–H groups in total. The second kappa shape index (κ2) is 6.01. The highest BCUT2D eigenvalue weighted by molar-refractivity contribution is 6.03. The minimum atomic E-state index is -0.408. The third-order valence-electron chi connectivity index (χ3n) is 3.80.